The minimum Gasteiger partial charge on any atom is -0.469 e. The van der Waals surface area contributed by atoms with Gasteiger partial charge in [0.05, 0.1) is 13.5 Å². The topological polar surface area (TPSA) is 38.3 Å². The van der Waals surface area contributed by atoms with E-state index in [1.165, 1.54) is 12.6 Å². The second-order valence-corrected chi connectivity index (χ2v) is 2.76. The molecular formula is C7H11Cl2NO2. The molecule has 0 bridgehead atoms. The maximum atomic E-state index is 10.6. The molecule has 0 radical (unpaired) electrons. The van der Waals surface area contributed by atoms with Gasteiger partial charge in [-0.25, -0.2) is 0 Å². The van der Waals surface area contributed by atoms with Gasteiger partial charge in [0.25, 0.3) is 0 Å². The van der Waals surface area contributed by atoms with Gasteiger partial charge in [0.1, 0.15) is 0 Å². The first-order valence-electron chi connectivity index (χ1n) is 3.43. The molecule has 0 spiro atoms. The second kappa shape index (κ2) is 7.40. The van der Waals surface area contributed by atoms with Crippen molar-refractivity contribution in [2.24, 2.45) is 0 Å². The highest BCUT2D eigenvalue weighted by Gasteiger charge is 1.98. The third-order valence-electron chi connectivity index (χ3n) is 1.15. The number of carbonyl (C=O) groups is 1. The number of halogens is 2. The summed E-state index contributed by atoms with van der Waals surface area (Å²) >= 11 is 10.9. The lowest BCUT2D eigenvalue weighted by Gasteiger charge is -2.01. The molecule has 0 aliphatic rings. The van der Waals surface area contributed by atoms with Gasteiger partial charge in [0.15, 0.2) is 0 Å². The van der Waals surface area contributed by atoms with Crippen LogP contribution in [0, 0.1) is 0 Å². The van der Waals surface area contributed by atoms with Crippen LogP contribution in [0.1, 0.15) is 6.42 Å². The summed E-state index contributed by atoms with van der Waals surface area (Å²) in [6.45, 7) is 1.01. The quantitative estimate of drug-likeness (QED) is 0.553. The lowest BCUT2D eigenvalue weighted by Crippen LogP contribution is -2.20. The first-order chi connectivity index (χ1) is 5.70. The number of hydrogen-bond acceptors (Lipinski definition) is 3. The van der Waals surface area contributed by atoms with Crippen molar-refractivity contribution in [3.05, 3.63) is 10.6 Å². The summed E-state index contributed by atoms with van der Waals surface area (Å²) in [6, 6.07) is 0. The molecule has 0 heterocycles. The highest BCUT2D eigenvalue weighted by atomic mass is 35.5. The number of nitrogens with one attached hydrogen (secondary N) is 1. The summed E-state index contributed by atoms with van der Waals surface area (Å²) in [5.74, 6) is -0.242. The Morgan fingerprint density at radius 2 is 2.33 bits per heavy atom. The summed E-state index contributed by atoms with van der Waals surface area (Å²) < 4.78 is 4.43. The molecule has 3 nitrogen and oxygen atoms in total. The highest BCUT2D eigenvalue weighted by molar-refractivity contribution is 6.36. The summed E-state index contributed by atoms with van der Waals surface area (Å²) in [4.78, 5) is 10.6. The standard InChI is InChI=1S/C7H11Cl2NO2/c1-12-7(11)2-3-10-5-6(9)4-8/h4,10H,2-3,5H2,1H3. The summed E-state index contributed by atoms with van der Waals surface area (Å²) in [5.41, 5.74) is 1.28. The van der Waals surface area contributed by atoms with Crippen molar-refractivity contribution in [3.63, 3.8) is 0 Å². The van der Waals surface area contributed by atoms with Gasteiger partial charge in [0.2, 0.25) is 0 Å². The molecule has 0 aromatic carbocycles. The van der Waals surface area contributed by atoms with Crippen molar-refractivity contribution >= 4 is 29.2 Å². The van der Waals surface area contributed by atoms with Crippen LogP contribution in [0.5, 0.6) is 0 Å². The Morgan fingerprint density at radius 1 is 1.67 bits per heavy atom. The number of esters is 1. The van der Waals surface area contributed by atoms with Gasteiger partial charge in [-0.2, -0.15) is 0 Å². The molecule has 0 saturated heterocycles. The average molecular weight is 212 g/mol. The number of methoxy groups -OCH3 is 1. The van der Waals surface area contributed by atoms with Gasteiger partial charge >= 0.3 is 5.97 Å². The van der Waals surface area contributed by atoms with Crippen LogP contribution >= 0.6 is 23.2 Å². The van der Waals surface area contributed by atoms with Crippen LogP contribution in [0.3, 0.4) is 0 Å². The van der Waals surface area contributed by atoms with E-state index in [-0.39, 0.29) is 5.97 Å². The molecule has 0 aromatic rings. The molecule has 0 aliphatic heterocycles. The van der Waals surface area contributed by atoms with Crippen LogP contribution in [0.25, 0.3) is 0 Å². The highest BCUT2D eigenvalue weighted by Crippen LogP contribution is 1.99. The first-order valence-corrected chi connectivity index (χ1v) is 4.24. The summed E-state index contributed by atoms with van der Waals surface area (Å²) in [6.07, 6.45) is 0.336. The van der Waals surface area contributed by atoms with E-state index < -0.39 is 0 Å². The molecule has 70 valence electrons. The number of rotatable bonds is 5. The normalized spacial score (nSPS) is 11.4. The van der Waals surface area contributed by atoms with Gasteiger partial charge in [-0.15, -0.1) is 0 Å². The molecule has 0 amide bonds. The molecule has 0 fully saturated rings. The molecule has 0 rings (SSSR count). The monoisotopic (exact) mass is 211 g/mol. The van der Waals surface area contributed by atoms with Crippen molar-refractivity contribution in [2.45, 2.75) is 6.42 Å². The third kappa shape index (κ3) is 6.46. The Kier molecular flexibility index (Phi) is 7.25. The van der Waals surface area contributed by atoms with E-state index in [0.717, 1.165) is 0 Å². The zero-order chi connectivity index (χ0) is 9.40. The number of carbonyl (C=O) groups excluding carboxylic acids is 1. The fraction of sp³-hybridized carbons (Fsp3) is 0.571. The number of ether oxygens (including phenoxy) is 1. The van der Waals surface area contributed by atoms with Crippen LogP contribution < -0.4 is 5.32 Å². The van der Waals surface area contributed by atoms with Crippen molar-refractivity contribution < 1.29 is 9.53 Å². The zero-order valence-electron chi connectivity index (χ0n) is 6.77. The van der Waals surface area contributed by atoms with Crippen molar-refractivity contribution in [3.8, 4) is 0 Å². The lowest BCUT2D eigenvalue weighted by molar-refractivity contribution is -0.140. The van der Waals surface area contributed by atoms with Crippen molar-refractivity contribution in [1.29, 1.82) is 0 Å². The first kappa shape index (κ1) is 11.8. The SMILES string of the molecule is COC(=O)CCNCC(Cl)=CCl. The van der Waals surface area contributed by atoms with E-state index in [2.05, 4.69) is 10.1 Å². The second-order valence-electron chi connectivity index (χ2n) is 2.06. The molecule has 0 aliphatic carbocycles. The maximum absolute atomic E-state index is 10.6. The fourth-order valence-corrected chi connectivity index (χ4v) is 0.711. The molecule has 0 saturated carbocycles. The Hall–Kier alpha value is -0.250. The fourth-order valence-electron chi connectivity index (χ4n) is 0.539. The van der Waals surface area contributed by atoms with E-state index in [0.29, 0.717) is 24.5 Å². The smallest absolute Gasteiger partial charge is 0.306 e. The van der Waals surface area contributed by atoms with Gasteiger partial charge in [0, 0.05) is 23.7 Å². The van der Waals surface area contributed by atoms with Crippen molar-refractivity contribution in [2.75, 3.05) is 20.2 Å². The summed E-state index contributed by atoms with van der Waals surface area (Å²) in [5, 5.41) is 3.43. The predicted molar refractivity (Wildman–Crippen MR) is 49.3 cm³/mol. The van der Waals surface area contributed by atoms with Gasteiger partial charge in [-0.3, -0.25) is 4.79 Å². The molecular weight excluding hydrogens is 201 g/mol. The van der Waals surface area contributed by atoms with Crippen LogP contribution in [0.4, 0.5) is 0 Å². The van der Waals surface area contributed by atoms with Gasteiger partial charge in [-0.05, 0) is 0 Å². The van der Waals surface area contributed by atoms with Crippen LogP contribution in [0.15, 0.2) is 10.6 Å². The van der Waals surface area contributed by atoms with E-state index in [4.69, 9.17) is 23.2 Å². The molecule has 12 heavy (non-hydrogen) atoms. The van der Waals surface area contributed by atoms with E-state index in [1.807, 2.05) is 0 Å². The molecule has 0 unspecified atom stereocenters. The lowest BCUT2D eigenvalue weighted by atomic mass is 10.4. The van der Waals surface area contributed by atoms with E-state index >= 15 is 0 Å². The minimum absolute atomic E-state index is 0.242. The molecule has 0 atom stereocenters. The molecule has 0 aromatic heterocycles. The maximum Gasteiger partial charge on any atom is 0.306 e. The Balaban J connectivity index is 3.27. The number of hydrogen-bond donors (Lipinski definition) is 1. The van der Waals surface area contributed by atoms with Gasteiger partial charge in [-0.1, -0.05) is 23.2 Å². The zero-order valence-corrected chi connectivity index (χ0v) is 8.28. The minimum atomic E-state index is -0.242. The van der Waals surface area contributed by atoms with Crippen LogP contribution in [-0.4, -0.2) is 26.2 Å². The Bertz CT molecular complexity index is 171. The Morgan fingerprint density at radius 3 is 2.83 bits per heavy atom. The van der Waals surface area contributed by atoms with Crippen LogP contribution in [0.2, 0.25) is 0 Å². The summed E-state index contributed by atoms with van der Waals surface area (Å²) in [7, 11) is 1.36. The van der Waals surface area contributed by atoms with E-state index in [1.54, 1.807) is 0 Å². The van der Waals surface area contributed by atoms with E-state index in [9.17, 15) is 4.79 Å². The van der Waals surface area contributed by atoms with Crippen LogP contribution in [-0.2, 0) is 9.53 Å². The molecule has 1 N–H and O–H groups in total. The average Bonchev–Trinajstić information content (AvgIpc) is 2.11. The predicted octanol–water partition coefficient (Wildman–Crippen LogP) is 1.46. The Labute approximate surface area is 81.7 Å². The van der Waals surface area contributed by atoms with Gasteiger partial charge < -0.3 is 10.1 Å². The third-order valence-corrected chi connectivity index (χ3v) is 1.76. The largest absolute Gasteiger partial charge is 0.469 e. The van der Waals surface area contributed by atoms with Crippen molar-refractivity contribution in [1.82, 2.24) is 5.32 Å². The molecule has 5 heteroatoms.